The van der Waals surface area contributed by atoms with E-state index in [1.165, 1.54) is 48.3 Å². The van der Waals surface area contributed by atoms with Gasteiger partial charge in [0, 0.05) is 10.4 Å². The Morgan fingerprint density at radius 2 is 1.18 bits per heavy atom. The van der Waals surface area contributed by atoms with Gasteiger partial charge < -0.3 is 9.47 Å². The summed E-state index contributed by atoms with van der Waals surface area (Å²) in [6, 6.07) is 32.4. The van der Waals surface area contributed by atoms with Crippen molar-refractivity contribution in [3.8, 4) is 33.1 Å². The van der Waals surface area contributed by atoms with E-state index in [0.717, 1.165) is 17.1 Å². The van der Waals surface area contributed by atoms with Crippen LogP contribution in [-0.2, 0) is 0 Å². The minimum absolute atomic E-state index is 0.852. The molecule has 6 rings (SSSR count). The first-order valence-electron chi connectivity index (χ1n) is 10.9. The second-order valence-corrected chi connectivity index (χ2v) is 9.06. The number of fused-ring (bicyclic) bond motifs is 3. The summed E-state index contributed by atoms with van der Waals surface area (Å²) in [5.41, 5.74) is 3.65. The molecule has 0 amide bonds. The van der Waals surface area contributed by atoms with Crippen LogP contribution >= 0.6 is 11.3 Å². The van der Waals surface area contributed by atoms with Crippen LogP contribution in [-0.4, -0.2) is 14.2 Å². The Morgan fingerprint density at radius 3 is 1.82 bits per heavy atom. The molecule has 2 nitrogen and oxygen atoms in total. The fourth-order valence-corrected chi connectivity index (χ4v) is 5.57. The van der Waals surface area contributed by atoms with Gasteiger partial charge in [0.15, 0.2) is 0 Å². The van der Waals surface area contributed by atoms with Crippen LogP contribution in [0.3, 0.4) is 0 Å². The van der Waals surface area contributed by atoms with Gasteiger partial charge in [0.1, 0.15) is 11.5 Å². The van der Waals surface area contributed by atoms with Gasteiger partial charge in [-0.05, 0) is 91.3 Å². The van der Waals surface area contributed by atoms with Crippen molar-refractivity contribution in [2.45, 2.75) is 0 Å². The Kier molecular flexibility index (Phi) is 4.78. The third-order valence-corrected chi connectivity index (χ3v) is 7.22. The van der Waals surface area contributed by atoms with Gasteiger partial charge in [-0.15, -0.1) is 11.3 Å². The second kappa shape index (κ2) is 7.95. The molecule has 0 radical (unpaired) electrons. The predicted octanol–water partition coefficient (Wildman–Crippen LogP) is 8.56. The Bertz CT molecular complexity index is 1610. The topological polar surface area (TPSA) is 18.5 Å². The summed E-state index contributed by atoms with van der Waals surface area (Å²) in [7, 11) is 3.43. The molecule has 1 heterocycles. The molecule has 0 atom stereocenters. The van der Waals surface area contributed by atoms with Gasteiger partial charge >= 0.3 is 0 Å². The third-order valence-electron chi connectivity index (χ3n) is 6.34. The van der Waals surface area contributed by atoms with Crippen LogP contribution in [0.5, 0.6) is 11.5 Å². The normalized spacial score (nSPS) is 11.3. The molecule has 3 heteroatoms. The van der Waals surface area contributed by atoms with Crippen molar-refractivity contribution in [1.82, 2.24) is 0 Å². The van der Waals surface area contributed by atoms with E-state index in [9.17, 15) is 0 Å². The quantitative estimate of drug-likeness (QED) is 0.253. The standard InChI is InChI=1S/C30H22O2S/c1-31-22-11-9-19(10-12-22)29-25-16-20-6-3-4-7-21(20)17-26(25)30(28-8-5-15-33-28)24-14-13-23(32-2)18-27(24)29/h3-18H,1-2H3. The van der Waals surface area contributed by atoms with Crippen molar-refractivity contribution in [3.05, 3.63) is 96.4 Å². The molecule has 6 aromatic rings. The van der Waals surface area contributed by atoms with E-state index in [4.69, 9.17) is 9.47 Å². The lowest BCUT2D eigenvalue weighted by molar-refractivity contribution is 0.415. The first-order valence-corrected chi connectivity index (χ1v) is 11.8. The minimum Gasteiger partial charge on any atom is -0.497 e. The SMILES string of the molecule is COc1ccc(-c2c3cc(OC)ccc3c(-c3cccs3)c3cc4ccccc4cc23)cc1. The maximum atomic E-state index is 5.65. The molecule has 0 saturated heterocycles. The molecule has 0 N–H and O–H groups in total. The Labute approximate surface area is 196 Å². The average molecular weight is 447 g/mol. The van der Waals surface area contributed by atoms with Crippen LogP contribution in [0.4, 0.5) is 0 Å². The Morgan fingerprint density at radius 1 is 0.545 bits per heavy atom. The van der Waals surface area contributed by atoms with Crippen molar-refractivity contribution in [2.75, 3.05) is 14.2 Å². The van der Waals surface area contributed by atoms with Crippen molar-refractivity contribution < 1.29 is 9.47 Å². The molecular weight excluding hydrogens is 424 g/mol. The lowest BCUT2D eigenvalue weighted by atomic mass is 9.86. The summed E-state index contributed by atoms with van der Waals surface area (Å²) in [4.78, 5) is 1.27. The van der Waals surface area contributed by atoms with E-state index in [2.05, 4.69) is 84.2 Å². The summed E-state index contributed by atoms with van der Waals surface area (Å²) in [5.74, 6) is 1.71. The lowest BCUT2D eigenvalue weighted by Crippen LogP contribution is -1.92. The van der Waals surface area contributed by atoms with Crippen molar-refractivity contribution in [2.24, 2.45) is 0 Å². The lowest BCUT2D eigenvalue weighted by Gasteiger charge is -2.18. The van der Waals surface area contributed by atoms with Gasteiger partial charge in [-0.3, -0.25) is 0 Å². The van der Waals surface area contributed by atoms with Crippen LogP contribution in [0, 0.1) is 0 Å². The van der Waals surface area contributed by atoms with E-state index in [0.29, 0.717) is 0 Å². The summed E-state index contributed by atoms with van der Waals surface area (Å²) in [6.45, 7) is 0. The highest BCUT2D eigenvalue weighted by molar-refractivity contribution is 7.13. The molecule has 0 aliphatic carbocycles. The van der Waals surface area contributed by atoms with Crippen molar-refractivity contribution in [1.29, 1.82) is 0 Å². The van der Waals surface area contributed by atoms with Gasteiger partial charge in [0.05, 0.1) is 14.2 Å². The summed E-state index contributed by atoms with van der Waals surface area (Å²) in [5, 5.41) is 9.55. The van der Waals surface area contributed by atoms with E-state index in [1.54, 1.807) is 25.6 Å². The first kappa shape index (κ1) is 19.8. The molecule has 0 fully saturated rings. The van der Waals surface area contributed by atoms with Crippen molar-refractivity contribution >= 4 is 43.7 Å². The van der Waals surface area contributed by atoms with Crippen LogP contribution in [0.1, 0.15) is 0 Å². The molecule has 1 aromatic heterocycles. The fraction of sp³-hybridized carbons (Fsp3) is 0.0667. The number of benzene rings is 5. The van der Waals surface area contributed by atoms with Gasteiger partial charge in [0.25, 0.3) is 0 Å². The summed E-state index contributed by atoms with van der Waals surface area (Å²) < 4.78 is 11.1. The van der Waals surface area contributed by atoms with Gasteiger partial charge in [0.2, 0.25) is 0 Å². The third kappa shape index (κ3) is 3.24. The molecular formula is C30H22O2S. The molecule has 0 bridgehead atoms. The van der Waals surface area contributed by atoms with E-state index in [1.807, 2.05) is 12.1 Å². The van der Waals surface area contributed by atoms with Gasteiger partial charge in [-0.25, -0.2) is 0 Å². The maximum Gasteiger partial charge on any atom is 0.119 e. The van der Waals surface area contributed by atoms with Gasteiger partial charge in [-0.2, -0.15) is 0 Å². The van der Waals surface area contributed by atoms with E-state index in [-0.39, 0.29) is 0 Å². The second-order valence-electron chi connectivity index (χ2n) is 8.11. The summed E-state index contributed by atoms with van der Waals surface area (Å²) in [6.07, 6.45) is 0. The summed E-state index contributed by atoms with van der Waals surface area (Å²) >= 11 is 1.78. The molecule has 0 aliphatic heterocycles. The minimum atomic E-state index is 0.852. The molecule has 0 saturated carbocycles. The Hall–Kier alpha value is -3.82. The molecule has 0 aliphatic rings. The number of thiophene rings is 1. The van der Waals surface area contributed by atoms with Crippen LogP contribution in [0.2, 0.25) is 0 Å². The molecule has 0 unspecified atom stereocenters. The van der Waals surface area contributed by atoms with Crippen LogP contribution < -0.4 is 9.47 Å². The maximum absolute atomic E-state index is 5.65. The molecule has 5 aromatic carbocycles. The fourth-order valence-electron chi connectivity index (χ4n) is 4.77. The largest absolute Gasteiger partial charge is 0.497 e. The van der Waals surface area contributed by atoms with Gasteiger partial charge in [-0.1, -0.05) is 48.5 Å². The van der Waals surface area contributed by atoms with E-state index < -0.39 is 0 Å². The average Bonchev–Trinajstić information content (AvgIpc) is 3.40. The Balaban J connectivity index is 1.85. The zero-order valence-electron chi connectivity index (χ0n) is 18.5. The molecule has 0 spiro atoms. The number of ether oxygens (including phenoxy) is 2. The molecule has 33 heavy (non-hydrogen) atoms. The smallest absolute Gasteiger partial charge is 0.119 e. The number of hydrogen-bond acceptors (Lipinski definition) is 3. The zero-order valence-corrected chi connectivity index (χ0v) is 19.3. The number of hydrogen-bond donors (Lipinski definition) is 0. The molecule has 160 valence electrons. The monoisotopic (exact) mass is 446 g/mol. The van der Waals surface area contributed by atoms with E-state index >= 15 is 0 Å². The highest BCUT2D eigenvalue weighted by Crippen LogP contribution is 2.46. The first-order chi connectivity index (χ1) is 16.3. The number of methoxy groups -OCH3 is 2. The predicted molar refractivity (Wildman–Crippen MR) is 141 cm³/mol. The van der Waals surface area contributed by atoms with Crippen LogP contribution in [0.25, 0.3) is 53.9 Å². The highest BCUT2D eigenvalue weighted by Gasteiger charge is 2.18. The van der Waals surface area contributed by atoms with Crippen molar-refractivity contribution in [3.63, 3.8) is 0 Å². The number of rotatable bonds is 4. The highest BCUT2D eigenvalue weighted by atomic mass is 32.1. The zero-order chi connectivity index (χ0) is 22.4. The van der Waals surface area contributed by atoms with Crippen LogP contribution in [0.15, 0.2) is 96.4 Å².